The normalized spacial score (nSPS) is 21.1. The first-order chi connectivity index (χ1) is 10.8. The number of anilines is 1. The second kappa shape index (κ2) is 5.59. The first-order valence-corrected chi connectivity index (χ1v) is 9.66. The number of nitrogens with two attached hydrogens (primary N) is 2. The Labute approximate surface area is 140 Å². The van der Waals surface area contributed by atoms with Crippen LogP contribution in [-0.2, 0) is 20.2 Å². The molecule has 1 aromatic rings. The first-order valence-electron chi connectivity index (χ1n) is 6.78. The summed E-state index contributed by atoms with van der Waals surface area (Å²) >= 11 is 0. The molecular formula is C14H18N2O6S2. The van der Waals surface area contributed by atoms with Crippen molar-refractivity contribution in [1.82, 2.24) is 0 Å². The maximum absolute atomic E-state index is 12.0. The Bertz CT molecular complexity index is 929. The van der Waals surface area contributed by atoms with Crippen LogP contribution in [0.25, 0.3) is 0 Å². The van der Waals surface area contributed by atoms with Crippen molar-refractivity contribution in [3.05, 3.63) is 52.7 Å². The van der Waals surface area contributed by atoms with E-state index in [1.165, 1.54) is 24.3 Å². The number of allylic oxidation sites excluding steroid dienone is 2. The topological polar surface area (TPSA) is 161 Å². The zero-order valence-electron chi connectivity index (χ0n) is 13.0. The number of nitrogen functional groups attached to an aromatic ring is 1. The van der Waals surface area contributed by atoms with Gasteiger partial charge in [0.05, 0.1) is 0 Å². The summed E-state index contributed by atoms with van der Waals surface area (Å²) in [6.45, 7) is 3.21. The fraction of sp³-hybridized carbons (Fsp3) is 0.286. The molecule has 0 spiro atoms. The van der Waals surface area contributed by atoms with Crippen LogP contribution in [0.5, 0.6) is 0 Å². The van der Waals surface area contributed by atoms with Gasteiger partial charge in [-0.3, -0.25) is 9.11 Å². The van der Waals surface area contributed by atoms with E-state index in [0.29, 0.717) is 22.9 Å². The highest BCUT2D eigenvalue weighted by Gasteiger charge is 2.60. The molecule has 1 unspecified atom stereocenters. The monoisotopic (exact) mass is 374 g/mol. The van der Waals surface area contributed by atoms with Crippen molar-refractivity contribution in [2.24, 2.45) is 5.73 Å². The van der Waals surface area contributed by atoms with Gasteiger partial charge in [-0.25, -0.2) is 0 Å². The molecule has 1 aliphatic rings. The van der Waals surface area contributed by atoms with Gasteiger partial charge in [-0.15, -0.1) is 0 Å². The van der Waals surface area contributed by atoms with E-state index in [1.54, 1.807) is 13.8 Å². The average Bonchev–Trinajstić information content (AvgIpc) is 2.41. The Balaban J connectivity index is 2.91. The summed E-state index contributed by atoms with van der Waals surface area (Å²) in [4.78, 5) is 0. The van der Waals surface area contributed by atoms with Crippen LogP contribution >= 0.6 is 0 Å². The summed E-state index contributed by atoms with van der Waals surface area (Å²) in [5.41, 5.74) is 12.9. The first kappa shape index (κ1) is 18.5. The molecule has 0 aromatic heterocycles. The summed E-state index contributed by atoms with van der Waals surface area (Å²) in [7, 11) is -10.6. The summed E-state index contributed by atoms with van der Waals surface area (Å²) in [6, 6.07) is 4.40. The van der Waals surface area contributed by atoms with Crippen molar-refractivity contribution >= 4 is 25.9 Å². The van der Waals surface area contributed by atoms with E-state index in [2.05, 4.69) is 0 Å². The van der Waals surface area contributed by atoms with E-state index in [-0.39, 0.29) is 11.3 Å². The Morgan fingerprint density at radius 3 is 2.04 bits per heavy atom. The molecule has 1 atom stereocenters. The van der Waals surface area contributed by atoms with E-state index < -0.39 is 30.2 Å². The van der Waals surface area contributed by atoms with Crippen molar-refractivity contribution in [1.29, 1.82) is 0 Å². The van der Waals surface area contributed by atoms with Gasteiger partial charge in [-0.2, -0.15) is 16.8 Å². The predicted octanol–water partition coefficient (Wildman–Crippen LogP) is 0.935. The Morgan fingerprint density at radius 2 is 1.58 bits per heavy atom. The highest BCUT2D eigenvalue weighted by atomic mass is 32.3. The molecule has 8 nitrogen and oxygen atoms in total. The Hall–Kier alpha value is -1.88. The third-order valence-electron chi connectivity index (χ3n) is 4.12. The van der Waals surface area contributed by atoms with Crippen LogP contribution in [0.4, 0.5) is 5.69 Å². The Morgan fingerprint density at radius 1 is 1.04 bits per heavy atom. The summed E-state index contributed by atoms with van der Waals surface area (Å²) in [6.07, 6.45) is 1.94. The van der Waals surface area contributed by atoms with E-state index >= 15 is 0 Å². The van der Waals surface area contributed by atoms with Crippen molar-refractivity contribution < 1.29 is 25.9 Å². The van der Waals surface area contributed by atoms with Crippen LogP contribution in [0.3, 0.4) is 0 Å². The van der Waals surface area contributed by atoms with Gasteiger partial charge in [0.15, 0.2) is 0 Å². The molecular weight excluding hydrogens is 356 g/mol. The molecule has 1 aliphatic carbocycles. The van der Waals surface area contributed by atoms with Crippen molar-refractivity contribution in [3.8, 4) is 0 Å². The lowest BCUT2D eigenvalue weighted by Gasteiger charge is -2.35. The summed E-state index contributed by atoms with van der Waals surface area (Å²) in [5, 5.41) is 0. The van der Waals surface area contributed by atoms with Crippen LogP contribution in [0.15, 0.2) is 41.6 Å². The molecule has 1 aromatic carbocycles. The number of rotatable bonds is 3. The van der Waals surface area contributed by atoms with Gasteiger partial charge in [-0.05, 0) is 42.7 Å². The minimum atomic E-state index is -5.29. The molecule has 132 valence electrons. The molecule has 0 radical (unpaired) electrons. The van der Waals surface area contributed by atoms with E-state index in [9.17, 15) is 25.9 Å². The number of hydrogen-bond donors (Lipinski definition) is 4. The van der Waals surface area contributed by atoms with E-state index in [0.717, 1.165) is 0 Å². The van der Waals surface area contributed by atoms with Crippen LogP contribution < -0.4 is 11.5 Å². The average molecular weight is 374 g/mol. The number of benzene rings is 1. The molecule has 0 amide bonds. The zero-order valence-corrected chi connectivity index (χ0v) is 14.6. The molecule has 0 bridgehead atoms. The van der Waals surface area contributed by atoms with Crippen molar-refractivity contribution in [2.45, 2.75) is 23.8 Å². The SMILES string of the molecule is CC1=CC(c2ccc(N)c(C)c2)C(S(=O)(=O)O)(S(=O)(=O)O)C=C1N. The van der Waals surface area contributed by atoms with Crippen molar-refractivity contribution in [3.63, 3.8) is 0 Å². The van der Waals surface area contributed by atoms with Crippen LogP contribution in [0.1, 0.15) is 24.0 Å². The molecule has 0 saturated heterocycles. The van der Waals surface area contributed by atoms with E-state index in [1.807, 2.05) is 0 Å². The Kier molecular flexibility index (Phi) is 4.30. The molecule has 2 rings (SSSR count). The van der Waals surface area contributed by atoms with Gasteiger partial charge in [0.25, 0.3) is 24.3 Å². The molecule has 6 N–H and O–H groups in total. The molecule has 0 aliphatic heterocycles. The fourth-order valence-electron chi connectivity index (χ4n) is 2.71. The van der Waals surface area contributed by atoms with Crippen molar-refractivity contribution in [2.75, 3.05) is 5.73 Å². The van der Waals surface area contributed by atoms with Crippen LogP contribution in [-0.4, -0.2) is 30.0 Å². The lowest BCUT2D eigenvalue weighted by Crippen LogP contribution is -2.50. The van der Waals surface area contributed by atoms with Gasteiger partial charge < -0.3 is 11.5 Å². The number of hydrogen-bond acceptors (Lipinski definition) is 6. The molecule has 0 fully saturated rings. The zero-order chi connectivity index (χ0) is 18.5. The van der Waals surface area contributed by atoms with Crippen LogP contribution in [0, 0.1) is 6.92 Å². The third kappa shape index (κ3) is 2.71. The lowest BCUT2D eigenvalue weighted by atomic mass is 9.87. The maximum Gasteiger partial charge on any atom is 0.292 e. The van der Waals surface area contributed by atoms with Crippen LogP contribution in [0.2, 0.25) is 0 Å². The quantitative estimate of drug-likeness (QED) is 0.449. The second-order valence-corrected chi connectivity index (χ2v) is 9.22. The van der Waals surface area contributed by atoms with Gasteiger partial charge in [0.1, 0.15) is 0 Å². The van der Waals surface area contributed by atoms with Gasteiger partial charge in [0.2, 0.25) is 0 Å². The molecule has 10 heteroatoms. The largest absolute Gasteiger partial charge is 0.399 e. The third-order valence-corrected chi connectivity index (χ3v) is 7.74. The van der Waals surface area contributed by atoms with Gasteiger partial charge in [-0.1, -0.05) is 18.2 Å². The lowest BCUT2D eigenvalue weighted by molar-refractivity contribution is 0.428. The molecule has 0 saturated carbocycles. The minimum Gasteiger partial charge on any atom is -0.399 e. The standard InChI is InChI=1S/C14H18N2O6S2/c1-8-5-10(3-4-12(8)15)11-6-9(2)13(16)7-14(11,23(17,18)19)24(20,21)22/h3-7,11H,15-16H2,1-2H3,(H,17,18,19)(H,20,21,22). The van der Waals surface area contributed by atoms with Gasteiger partial charge >= 0.3 is 0 Å². The number of aryl methyl sites for hydroxylation is 1. The highest BCUT2D eigenvalue weighted by Crippen LogP contribution is 2.45. The molecule has 24 heavy (non-hydrogen) atoms. The smallest absolute Gasteiger partial charge is 0.292 e. The maximum atomic E-state index is 12.0. The summed E-state index contributed by atoms with van der Waals surface area (Å²) < 4.78 is 64.3. The molecule has 0 heterocycles. The van der Waals surface area contributed by atoms with E-state index in [4.69, 9.17) is 11.5 Å². The van der Waals surface area contributed by atoms with Gasteiger partial charge in [0, 0.05) is 17.3 Å². The minimum absolute atomic E-state index is 0.173. The second-order valence-electron chi connectivity index (χ2n) is 5.71. The predicted molar refractivity (Wildman–Crippen MR) is 90.2 cm³/mol. The highest BCUT2D eigenvalue weighted by molar-refractivity contribution is 8.05. The summed E-state index contributed by atoms with van der Waals surface area (Å²) in [5.74, 6) is -1.41. The fourth-order valence-corrected chi connectivity index (χ4v) is 5.37.